The van der Waals surface area contributed by atoms with Crippen molar-refractivity contribution in [3.8, 4) is 0 Å². The van der Waals surface area contributed by atoms with Gasteiger partial charge >= 0.3 is 0 Å². The van der Waals surface area contributed by atoms with Gasteiger partial charge in [0.1, 0.15) is 0 Å². The maximum atomic E-state index is 12.4. The second kappa shape index (κ2) is 7.75. The molecular formula is C13H22BrClN2O2S. The first kappa shape index (κ1) is 19.9. The van der Waals surface area contributed by atoms with Crippen molar-refractivity contribution in [1.82, 2.24) is 4.72 Å². The summed E-state index contributed by atoms with van der Waals surface area (Å²) in [6.07, 6.45) is 1.32. The van der Waals surface area contributed by atoms with Gasteiger partial charge in [0.15, 0.2) is 0 Å². The summed E-state index contributed by atoms with van der Waals surface area (Å²) >= 11 is 3.32. The van der Waals surface area contributed by atoms with Crippen LogP contribution in [0.5, 0.6) is 0 Å². The van der Waals surface area contributed by atoms with Crippen LogP contribution in [-0.4, -0.2) is 20.5 Å². The molecule has 1 aromatic carbocycles. The highest BCUT2D eigenvalue weighted by Crippen LogP contribution is 2.22. The van der Waals surface area contributed by atoms with E-state index in [2.05, 4.69) is 20.7 Å². The van der Waals surface area contributed by atoms with Crippen LogP contribution in [0.25, 0.3) is 0 Å². The molecule has 0 aliphatic rings. The molecule has 0 fully saturated rings. The third-order valence-electron chi connectivity index (χ3n) is 3.42. The van der Waals surface area contributed by atoms with Crippen molar-refractivity contribution in [2.75, 3.05) is 6.54 Å². The van der Waals surface area contributed by atoms with Crippen molar-refractivity contribution in [1.29, 1.82) is 0 Å². The van der Waals surface area contributed by atoms with Crippen LogP contribution in [0.4, 0.5) is 0 Å². The molecule has 20 heavy (non-hydrogen) atoms. The van der Waals surface area contributed by atoms with Gasteiger partial charge in [0.2, 0.25) is 10.0 Å². The lowest BCUT2D eigenvalue weighted by Crippen LogP contribution is -2.52. The van der Waals surface area contributed by atoms with Gasteiger partial charge in [-0.3, -0.25) is 0 Å². The minimum absolute atomic E-state index is 0. The van der Waals surface area contributed by atoms with Crippen LogP contribution in [-0.2, 0) is 10.0 Å². The average Bonchev–Trinajstić information content (AvgIpc) is 2.35. The van der Waals surface area contributed by atoms with E-state index in [1.807, 2.05) is 26.8 Å². The van der Waals surface area contributed by atoms with E-state index in [9.17, 15) is 8.42 Å². The third-order valence-corrected chi connectivity index (χ3v) is 5.44. The number of aryl methyl sites for hydroxylation is 1. The van der Waals surface area contributed by atoms with Gasteiger partial charge in [0.05, 0.1) is 4.90 Å². The lowest BCUT2D eigenvalue weighted by atomic mass is 9.95. The fourth-order valence-electron chi connectivity index (χ4n) is 1.93. The second-order valence-corrected chi connectivity index (χ2v) is 7.36. The fourth-order valence-corrected chi connectivity index (χ4v) is 4.37. The van der Waals surface area contributed by atoms with E-state index >= 15 is 0 Å². The summed E-state index contributed by atoms with van der Waals surface area (Å²) in [5.74, 6) is 0. The summed E-state index contributed by atoms with van der Waals surface area (Å²) in [5, 5.41) is 0. The van der Waals surface area contributed by atoms with Crippen molar-refractivity contribution in [2.24, 2.45) is 5.73 Å². The molecule has 1 aromatic rings. The zero-order valence-electron chi connectivity index (χ0n) is 11.9. The highest BCUT2D eigenvalue weighted by Gasteiger charge is 2.30. The number of nitrogens with one attached hydrogen (secondary N) is 1. The Balaban J connectivity index is 0.00000361. The van der Waals surface area contributed by atoms with Gasteiger partial charge in [-0.1, -0.05) is 29.8 Å². The lowest BCUT2D eigenvalue weighted by Gasteiger charge is -2.31. The lowest BCUT2D eigenvalue weighted by molar-refractivity contribution is 0.363. The Bertz CT molecular complexity index is 517. The third kappa shape index (κ3) is 4.70. The van der Waals surface area contributed by atoms with E-state index in [0.717, 1.165) is 10.0 Å². The SMILES string of the molecule is CCC(CC)(CN)NS(=O)(=O)c1cc(C)cc(Br)c1.Cl. The molecule has 1 rings (SSSR count). The van der Waals surface area contributed by atoms with Crippen LogP contribution in [0.1, 0.15) is 32.3 Å². The van der Waals surface area contributed by atoms with Gasteiger partial charge in [0, 0.05) is 16.6 Å². The maximum Gasteiger partial charge on any atom is 0.241 e. The van der Waals surface area contributed by atoms with E-state index < -0.39 is 15.6 Å². The van der Waals surface area contributed by atoms with Crippen LogP contribution < -0.4 is 10.5 Å². The molecule has 4 nitrogen and oxygen atoms in total. The molecule has 116 valence electrons. The molecule has 0 aliphatic carbocycles. The first-order valence-corrected chi connectivity index (χ1v) is 8.57. The highest BCUT2D eigenvalue weighted by molar-refractivity contribution is 9.10. The monoisotopic (exact) mass is 384 g/mol. The Kier molecular flexibility index (Phi) is 7.70. The molecule has 3 N–H and O–H groups in total. The van der Waals surface area contributed by atoms with Crippen molar-refractivity contribution >= 4 is 38.4 Å². The fraction of sp³-hybridized carbons (Fsp3) is 0.538. The minimum atomic E-state index is -3.56. The minimum Gasteiger partial charge on any atom is -0.329 e. The molecule has 0 bridgehead atoms. The number of rotatable bonds is 6. The molecular weight excluding hydrogens is 364 g/mol. The second-order valence-electron chi connectivity index (χ2n) is 4.76. The molecule has 0 radical (unpaired) electrons. The van der Waals surface area contributed by atoms with Gasteiger partial charge in [0.25, 0.3) is 0 Å². The maximum absolute atomic E-state index is 12.4. The van der Waals surface area contributed by atoms with Gasteiger partial charge < -0.3 is 5.73 Å². The number of hydrogen-bond acceptors (Lipinski definition) is 3. The topological polar surface area (TPSA) is 72.2 Å². The molecule has 0 aliphatic heterocycles. The highest BCUT2D eigenvalue weighted by atomic mass is 79.9. The Labute approximate surface area is 136 Å². The van der Waals surface area contributed by atoms with E-state index in [1.165, 1.54) is 0 Å². The smallest absolute Gasteiger partial charge is 0.241 e. The van der Waals surface area contributed by atoms with Crippen molar-refractivity contribution in [2.45, 2.75) is 44.0 Å². The van der Waals surface area contributed by atoms with Crippen molar-refractivity contribution in [3.63, 3.8) is 0 Å². The Morgan fingerprint density at radius 3 is 2.20 bits per heavy atom. The van der Waals surface area contributed by atoms with Crippen LogP contribution in [0, 0.1) is 6.92 Å². The molecule has 0 atom stereocenters. The van der Waals surface area contributed by atoms with Gasteiger partial charge in [-0.15, -0.1) is 12.4 Å². The first-order valence-electron chi connectivity index (χ1n) is 6.30. The van der Waals surface area contributed by atoms with Gasteiger partial charge in [-0.05, 0) is 43.5 Å². The number of nitrogens with two attached hydrogens (primary N) is 1. The average molecular weight is 386 g/mol. The van der Waals surface area contributed by atoms with Gasteiger partial charge in [-0.25, -0.2) is 13.1 Å². The summed E-state index contributed by atoms with van der Waals surface area (Å²) in [5.41, 5.74) is 6.05. The van der Waals surface area contributed by atoms with E-state index in [0.29, 0.717) is 12.8 Å². The van der Waals surface area contributed by atoms with Crippen LogP contribution in [0.3, 0.4) is 0 Å². The molecule has 0 unspecified atom stereocenters. The number of halogens is 2. The van der Waals surface area contributed by atoms with E-state index in [-0.39, 0.29) is 23.8 Å². The molecule has 0 saturated carbocycles. The predicted molar refractivity (Wildman–Crippen MR) is 88.8 cm³/mol. The summed E-state index contributed by atoms with van der Waals surface area (Å²) in [4.78, 5) is 0.263. The Hall–Kier alpha value is -0.140. The zero-order chi connectivity index (χ0) is 14.7. The van der Waals surface area contributed by atoms with Crippen molar-refractivity contribution < 1.29 is 8.42 Å². The number of benzene rings is 1. The number of sulfonamides is 1. The summed E-state index contributed by atoms with van der Waals surface area (Å²) in [6.45, 7) is 6.02. The Morgan fingerprint density at radius 1 is 1.25 bits per heavy atom. The van der Waals surface area contributed by atoms with E-state index in [4.69, 9.17) is 5.73 Å². The molecule has 7 heteroatoms. The normalized spacial score (nSPS) is 12.1. The number of hydrogen-bond donors (Lipinski definition) is 2. The summed E-state index contributed by atoms with van der Waals surface area (Å²) < 4.78 is 28.4. The molecule has 0 heterocycles. The van der Waals surface area contributed by atoms with Crippen molar-refractivity contribution in [3.05, 3.63) is 28.2 Å². The zero-order valence-corrected chi connectivity index (χ0v) is 15.2. The first-order chi connectivity index (χ1) is 8.78. The standard InChI is InChI=1S/C13H21BrN2O2S.ClH/c1-4-13(5-2,9-15)16-19(17,18)12-7-10(3)6-11(14)8-12;/h6-8,16H,4-5,9,15H2,1-3H3;1H. The summed E-state index contributed by atoms with van der Waals surface area (Å²) in [7, 11) is -3.56. The van der Waals surface area contributed by atoms with E-state index in [1.54, 1.807) is 12.1 Å². The van der Waals surface area contributed by atoms with Crippen LogP contribution in [0.2, 0.25) is 0 Å². The molecule has 0 spiro atoms. The Morgan fingerprint density at radius 2 is 1.80 bits per heavy atom. The predicted octanol–water partition coefficient (Wildman–Crippen LogP) is 2.98. The largest absolute Gasteiger partial charge is 0.329 e. The summed E-state index contributed by atoms with van der Waals surface area (Å²) in [6, 6.07) is 5.12. The molecule has 0 saturated heterocycles. The van der Waals surface area contributed by atoms with Crippen LogP contribution in [0.15, 0.2) is 27.6 Å². The molecule has 0 amide bonds. The molecule has 0 aromatic heterocycles. The quantitative estimate of drug-likeness (QED) is 0.790. The van der Waals surface area contributed by atoms with Crippen LogP contribution >= 0.6 is 28.3 Å². The van der Waals surface area contributed by atoms with Gasteiger partial charge in [-0.2, -0.15) is 0 Å².